The Balaban J connectivity index is 2.07. The molecule has 0 aliphatic carbocycles. The van der Waals surface area contributed by atoms with E-state index >= 15 is 0 Å². The fraction of sp³-hybridized carbons (Fsp3) is 0.0714. The second-order valence-electron chi connectivity index (χ2n) is 4.05. The van der Waals surface area contributed by atoms with Gasteiger partial charge in [0.2, 0.25) is 0 Å². The number of nitrogens with one attached hydrogen (secondary N) is 1. The van der Waals surface area contributed by atoms with Gasteiger partial charge in [0.15, 0.2) is 0 Å². The van der Waals surface area contributed by atoms with Crippen LogP contribution in [0, 0.1) is 0 Å². The van der Waals surface area contributed by atoms with Crippen molar-refractivity contribution in [3.63, 3.8) is 0 Å². The average molecular weight is 340 g/mol. The largest absolute Gasteiger partial charge is 0.399 e. The minimum absolute atomic E-state index is 0.181. The fourth-order valence-corrected chi connectivity index (χ4v) is 2.28. The Bertz CT molecular complexity index is 616. The summed E-state index contributed by atoms with van der Waals surface area (Å²) in [4.78, 5) is 12.0. The first-order chi connectivity index (χ1) is 9.06. The van der Waals surface area contributed by atoms with Gasteiger partial charge in [-0.15, -0.1) is 0 Å². The Labute approximate surface area is 124 Å². The van der Waals surface area contributed by atoms with Crippen LogP contribution in [0.3, 0.4) is 0 Å². The molecule has 1 amide bonds. The fourth-order valence-electron chi connectivity index (χ4n) is 1.64. The number of halogens is 2. The standard InChI is InChI=1S/C14H12BrClN2O/c15-13-5-4-11(17)7-12(13)14(19)18-8-9-2-1-3-10(16)6-9/h1-7H,8,17H2,(H,18,19). The number of carbonyl (C=O) groups is 1. The van der Waals surface area contributed by atoms with Gasteiger partial charge in [-0.2, -0.15) is 0 Å². The zero-order valence-corrected chi connectivity index (χ0v) is 12.3. The molecule has 2 aromatic carbocycles. The van der Waals surface area contributed by atoms with Gasteiger partial charge in [-0.3, -0.25) is 4.79 Å². The highest BCUT2D eigenvalue weighted by atomic mass is 79.9. The third-order valence-electron chi connectivity index (χ3n) is 2.58. The smallest absolute Gasteiger partial charge is 0.252 e. The highest BCUT2D eigenvalue weighted by Crippen LogP contribution is 2.19. The normalized spacial score (nSPS) is 10.2. The highest BCUT2D eigenvalue weighted by molar-refractivity contribution is 9.10. The molecule has 19 heavy (non-hydrogen) atoms. The zero-order chi connectivity index (χ0) is 13.8. The lowest BCUT2D eigenvalue weighted by atomic mass is 10.1. The van der Waals surface area contributed by atoms with E-state index in [-0.39, 0.29) is 5.91 Å². The maximum Gasteiger partial charge on any atom is 0.252 e. The summed E-state index contributed by atoms with van der Waals surface area (Å²) in [5.74, 6) is -0.181. The van der Waals surface area contributed by atoms with Crippen molar-refractivity contribution in [1.82, 2.24) is 5.32 Å². The van der Waals surface area contributed by atoms with Crippen molar-refractivity contribution in [3.8, 4) is 0 Å². The van der Waals surface area contributed by atoms with Crippen molar-refractivity contribution in [2.45, 2.75) is 6.54 Å². The zero-order valence-electron chi connectivity index (χ0n) is 9.99. The lowest BCUT2D eigenvalue weighted by Gasteiger charge is -2.08. The topological polar surface area (TPSA) is 55.1 Å². The van der Waals surface area contributed by atoms with Gasteiger partial charge in [0.05, 0.1) is 5.56 Å². The van der Waals surface area contributed by atoms with Crippen molar-refractivity contribution < 1.29 is 4.79 Å². The van der Waals surface area contributed by atoms with Crippen LogP contribution in [0.2, 0.25) is 5.02 Å². The molecule has 3 nitrogen and oxygen atoms in total. The van der Waals surface area contributed by atoms with Crippen molar-refractivity contribution in [3.05, 3.63) is 63.1 Å². The molecule has 0 heterocycles. The Kier molecular flexibility index (Phi) is 4.45. The van der Waals surface area contributed by atoms with Gasteiger partial charge in [0, 0.05) is 21.7 Å². The van der Waals surface area contributed by atoms with Crippen LogP contribution in [0.5, 0.6) is 0 Å². The molecule has 0 unspecified atom stereocenters. The highest BCUT2D eigenvalue weighted by Gasteiger charge is 2.10. The van der Waals surface area contributed by atoms with Gasteiger partial charge in [-0.05, 0) is 51.8 Å². The van der Waals surface area contributed by atoms with Gasteiger partial charge in [0.1, 0.15) is 0 Å². The van der Waals surface area contributed by atoms with Crippen molar-refractivity contribution in [2.75, 3.05) is 5.73 Å². The number of rotatable bonds is 3. The number of anilines is 1. The molecule has 98 valence electrons. The predicted octanol–water partition coefficient (Wildman–Crippen LogP) is 3.61. The van der Waals surface area contributed by atoms with E-state index in [0.717, 1.165) is 5.56 Å². The molecule has 5 heteroatoms. The molecule has 0 radical (unpaired) electrons. The maximum atomic E-state index is 12.0. The van der Waals surface area contributed by atoms with Crippen LogP contribution in [0.25, 0.3) is 0 Å². The first-order valence-electron chi connectivity index (χ1n) is 5.64. The molecule has 2 aromatic rings. The summed E-state index contributed by atoms with van der Waals surface area (Å²) in [5, 5.41) is 3.48. The first kappa shape index (κ1) is 13.9. The van der Waals surface area contributed by atoms with E-state index < -0.39 is 0 Å². The third-order valence-corrected chi connectivity index (χ3v) is 3.50. The summed E-state index contributed by atoms with van der Waals surface area (Å²) >= 11 is 9.22. The van der Waals surface area contributed by atoms with Gasteiger partial charge in [-0.1, -0.05) is 23.7 Å². The number of nitrogens with two attached hydrogens (primary N) is 1. The van der Waals surface area contributed by atoms with Gasteiger partial charge in [-0.25, -0.2) is 0 Å². The monoisotopic (exact) mass is 338 g/mol. The van der Waals surface area contributed by atoms with Crippen LogP contribution in [-0.4, -0.2) is 5.91 Å². The second kappa shape index (κ2) is 6.08. The van der Waals surface area contributed by atoms with Crippen molar-refractivity contribution in [2.24, 2.45) is 0 Å². The van der Waals surface area contributed by atoms with E-state index in [1.54, 1.807) is 24.3 Å². The summed E-state index contributed by atoms with van der Waals surface area (Å²) in [5.41, 5.74) is 7.69. The molecule has 0 bridgehead atoms. The summed E-state index contributed by atoms with van der Waals surface area (Å²) in [7, 11) is 0. The predicted molar refractivity (Wildman–Crippen MR) is 81.2 cm³/mol. The summed E-state index contributed by atoms with van der Waals surface area (Å²) < 4.78 is 0.713. The Morgan fingerprint density at radius 2 is 2.05 bits per heavy atom. The van der Waals surface area contributed by atoms with Crippen LogP contribution in [0.1, 0.15) is 15.9 Å². The van der Waals surface area contributed by atoms with E-state index in [1.165, 1.54) is 0 Å². The van der Waals surface area contributed by atoms with Crippen LogP contribution in [-0.2, 0) is 6.54 Å². The number of hydrogen-bond donors (Lipinski definition) is 2. The minimum atomic E-state index is -0.181. The molecule has 3 N–H and O–H groups in total. The quantitative estimate of drug-likeness (QED) is 0.839. The van der Waals surface area contributed by atoms with Crippen molar-refractivity contribution >= 4 is 39.1 Å². The maximum absolute atomic E-state index is 12.0. The summed E-state index contributed by atoms with van der Waals surface area (Å²) in [6.45, 7) is 0.417. The molecule has 2 rings (SSSR count). The third kappa shape index (κ3) is 3.72. The lowest BCUT2D eigenvalue weighted by Crippen LogP contribution is -2.23. The summed E-state index contributed by atoms with van der Waals surface area (Å²) in [6.07, 6.45) is 0. The van der Waals surface area contributed by atoms with E-state index in [2.05, 4.69) is 21.2 Å². The molecule has 0 aromatic heterocycles. The second-order valence-corrected chi connectivity index (χ2v) is 5.34. The lowest BCUT2D eigenvalue weighted by molar-refractivity contribution is 0.0950. The number of nitrogen functional groups attached to an aromatic ring is 1. The molecular weight excluding hydrogens is 328 g/mol. The molecule has 0 fully saturated rings. The molecule has 0 atom stereocenters. The number of hydrogen-bond acceptors (Lipinski definition) is 2. The Hall–Kier alpha value is -1.52. The SMILES string of the molecule is Nc1ccc(Br)c(C(=O)NCc2cccc(Cl)c2)c1. The van der Waals surface area contributed by atoms with E-state index in [1.807, 2.05) is 18.2 Å². The van der Waals surface area contributed by atoms with Crippen LogP contribution in [0.15, 0.2) is 46.9 Å². The summed E-state index contributed by atoms with van der Waals surface area (Å²) in [6, 6.07) is 12.5. The first-order valence-corrected chi connectivity index (χ1v) is 6.81. The number of benzene rings is 2. The Morgan fingerprint density at radius 3 is 2.79 bits per heavy atom. The van der Waals surface area contributed by atoms with Crippen LogP contribution < -0.4 is 11.1 Å². The van der Waals surface area contributed by atoms with Gasteiger partial charge in [0.25, 0.3) is 5.91 Å². The van der Waals surface area contributed by atoms with Crippen LogP contribution >= 0.6 is 27.5 Å². The van der Waals surface area contributed by atoms with Crippen LogP contribution in [0.4, 0.5) is 5.69 Å². The Morgan fingerprint density at radius 1 is 1.26 bits per heavy atom. The van der Waals surface area contributed by atoms with E-state index in [9.17, 15) is 4.79 Å². The minimum Gasteiger partial charge on any atom is -0.399 e. The van der Waals surface area contributed by atoms with E-state index in [0.29, 0.717) is 27.3 Å². The van der Waals surface area contributed by atoms with E-state index in [4.69, 9.17) is 17.3 Å². The number of amides is 1. The van der Waals surface area contributed by atoms with Gasteiger partial charge >= 0.3 is 0 Å². The number of carbonyl (C=O) groups excluding carboxylic acids is 1. The molecule has 0 saturated carbocycles. The average Bonchev–Trinajstić information content (AvgIpc) is 2.39. The molecule has 0 aliphatic rings. The molecule has 0 aliphatic heterocycles. The molecule has 0 spiro atoms. The molecule has 0 saturated heterocycles. The van der Waals surface area contributed by atoms with Crippen molar-refractivity contribution in [1.29, 1.82) is 0 Å². The van der Waals surface area contributed by atoms with Gasteiger partial charge < -0.3 is 11.1 Å². The molecular formula is C14H12BrClN2O.